The molecule has 0 fully saturated rings. The van der Waals surface area contributed by atoms with E-state index in [1.165, 1.54) is 12.1 Å². The number of ether oxygens (including phenoxy) is 1. The van der Waals surface area contributed by atoms with Crippen molar-refractivity contribution in [1.29, 1.82) is 0 Å². The molecule has 0 saturated carbocycles. The summed E-state index contributed by atoms with van der Waals surface area (Å²) in [6.07, 6.45) is 1.24. The van der Waals surface area contributed by atoms with Gasteiger partial charge in [0.25, 0.3) is 5.91 Å². The zero-order chi connectivity index (χ0) is 18.8. The van der Waals surface area contributed by atoms with E-state index >= 15 is 0 Å². The zero-order valence-corrected chi connectivity index (χ0v) is 14.7. The first-order valence-corrected chi connectivity index (χ1v) is 8.56. The van der Waals surface area contributed by atoms with Gasteiger partial charge in [0.05, 0.1) is 18.4 Å². The number of pyridine rings is 1. The third-order valence-corrected chi connectivity index (χ3v) is 4.56. The topological polar surface area (TPSA) is 54.5 Å². The number of hydrogen-bond donors (Lipinski definition) is 1. The van der Waals surface area contributed by atoms with Crippen LogP contribution in [0.3, 0.4) is 0 Å². The summed E-state index contributed by atoms with van der Waals surface area (Å²) < 4.78 is 18.4. The van der Waals surface area contributed by atoms with Crippen molar-refractivity contribution in [2.75, 3.05) is 12.4 Å². The molecule has 27 heavy (non-hydrogen) atoms. The molecule has 136 valence electrons. The molecule has 6 heteroatoms. The Balaban J connectivity index is 1.65. The van der Waals surface area contributed by atoms with Crippen molar-refractivity contribution in [1.82, 2.24) is 9.88 Å². The summed E-state index contributed by atoms with van der Waals surface area (Å²) >= 11 is 0. The number of carbonyl (C=O) groups excluding carboxylic acids is 1. The molecule has 0 spiro atoms. The van der Waals surface area contributed by atoms with Gasteiger partial charge in [0.1, 0.15) is 17.7 Å². The lowest BCUT2D eigenvalue weighted by Crippen LogP contribution is -2.32. The lowest BCUT2D eigenvalue weighted by molar-refractivity contribution is 0.0727. The molecule has 2 heterocycles. The fourth-order valence-corrected chi connectivity index (χ4v) is 3.18. The highest BCUT2D eigenvalue weighted by Gasteiger charge is 2.37. The maximum Gasteiger partial charge on any atom is 0.258 e. The third kappa shape index (κ3) is 3.33. The summed E-state index contributed by atoms with van der Waals surface area (Å²) in [4.78, 5) is 19.1. The molecule has 0 aliphatic carbocycles. The molecule has 1 N–H and O–H groups in total. The molecular weight excluding hydrogens is 345 g/mol. The summed E-state index contributed by atoms with van der Waals surface area (Å²) in [5.74, 6) is 0.364. The number of benzene rings is 2. The van der Waals surface area contributed by atoms with Crippen LogP contribution < -0.4 is 10.1 Å². The zero-order valence-electron chi connectivity index (χ0n) is 14.7. The van der Waals surface area contributed by atoms with Crippen LogP contribution in [0.1, 0.15) is 27.8 Å². The van der Waals surface area contributed by atoms with Gasteiger partial charge < -0.3 is 15.0 Å². The normalized spacial score (nSPS) is 15.6. The molecular formula is C21H18FN3O2. The molecule has 5 nitrogen and oxygen atoms in total. The number of methoxy groups -OCH3 is 1. The van der Waals surface area contributed by atoms with Crippen LogP contribution in [0.2, 0.25) is 0 Å². The van der Waals surface area contributed by atoms with Crippen molar-refractivity contribution in [2.24, 2.45) is 0 Å². The number of nitrogens with one attached hydrogen (secondary N) is 1. The number of nitrogens with zero attached hydrogens (tertiary/aromatic N) is 2. The predicted octanol–water partition coefficient (Wildman–Crippen LogP) is 4.00. The van der Waals surface area contributed by atoms with Gasteiger partial charge in [-0.25, -0.2) is 4.39 Å². The van der Waals surface area contributed by atoms with E-state index in [4.69, 9.17) is 4.74 Å². The van der Waals surface area contributed by atoms with Crippen molar-refractivity contribution >= 4 is 11.6 Å². The molecule has 0 radical (unpaired) electrons. The molecule has 4 rings (SSSR count). The second kappa shape index (κ2) is 7.07. The van der Waals surface area contributed by atoms with Gasteiger partial charge in [-0.1, -0.05) is 12.1 Å². The Morgan fingerprint density at radius 1 is 1.11 bits per heavy atom. The van der Waals surface area contributed by atoms with Gasteiger partial charge in [-0.15, -0.1) is 0 Å². The van der Waals surface area contributed by atoms with Crippen LogP contribution in [0, 0.1) is 5.82 Å². The summed E-state index contributed by atoms with van der Waals surface area (Å²) in [7, 11) is 1.62. The molecule has 3 aromatic rings. The smallest absolute Gasteiger partial charge is 0.258 e. The van der Waals surface area contributed by atoms with Gasteiger partial charge in [0.2, 0.25) is 0 Å². The van der Waals surface area contributed by atoms with Gasteiger partial charge in [-0.05, 0) is 54.1 Å². The maximum atomic E-state index is 13.2. The maximum absolute atomic E-state index is 13.2. The van der Waals surface area contributed by atoms with Crippen LogP contribution in [0.5, 0.6) is 5.75 Å². The molecule has 0 unspecified atom stereocenters. The number of hydrogen-bond acceptors (Lipinski definition) is 4. The first-order chi connectivity index (χ1) is 13.2. The van der Waals surface area contributed by atoms with E-state index in [2.05, 4.69) is 10.3 Å². The fourth-order valence-electron chi connectivity index (χ4n) is 3.18. The second-order valence-electron chi connectivity index (χ2n) is 6.27. The third-order valence-electron chi connectivity index (χ3n) is 4.56. The SMILES string of the molecule is COc1ccc(CN2C(=O)c3cccnc3[C@@H]2Nc2ccc(F)cc2)cc1. The molecule has 0 saturated heterocycles. The minimum Gasteiger partial charge on any atom is -0.497 e. The highest BCUT2D eigenvalue weighted by Crippen LogP contribution is 2.34. The number of rotatable bonds is 5. The van der Waals surface area contributed by atoms with Crippen LogP contribution in [0.15, 0.2) is 66.9 Å². The molecule has 1 aromatic heterocycles. The Morgan fingerprint density at radius 2 is 1.85 bits per heavy atom. The van der Waals surface area contributed by atoms with Crippen molar-refractivity contribution in [3.63, 3.8) is 0 Å². The molecule has 1 aliphatic heterocycles. The summed E-state index contributed by atoms with van der Waals surface area (Å²) in [6.45, 7) is 0.415. The van der Waals surface area contributed by atoms with Crippen molar-refractivity contribution in [3.8, 4) is 5.75 Å². The second-order valence-corrected chi connectivity index (χ2v) is 6.27. The molecule has 1 aliphatic rings. The molecule has 0 bridgehead atoms. The van der Waals surface area contributed by atoms with Crippen molar-refractivity contribution in [3.05, 3.63) is 89.5 Å². The van der Waals surface area contributed by atoms with E-state index in [-0.39, 0.29) is 11.7 Å². The number of amides is 1. The van der Waals surface area contributed by atoms with E-state index < -0.39 is 6.17 Å². The first-order valence-electron chi connectivity index (χ1n) is 8.56. The van der Waals surface area contributed by atoms with Gasteiger partial charge >= 0.3 is 0 Å². The lowest BCUT2D eigenvalue weighted by atomic mass is 10.2. The Hall–Kier alpha value is -3.41. The van der Waals surface area contributed by atoms with Crippen LogP contribution in [-0.2, 0) is 6.54 Å². The highest BCUT2D eigenvalue weighted by atomic mass is 19.1. The lowest BCUT2D eigenvalue weighted by Gasteiger charge is -2.26. The van der Waals surface area contributed by atoms with Crippen LogP contribution >= 0.6 is 0 Å². The average molecular weight is 363 g/mol. The summed E-state index contributed by atoms with van der Waals surface area (Å²) in [6, 6.07) is 17.2. The molecule has 1 amide bonds. The number of fused-ring (bicyclic) bond motifs is 1. The van der Waals surface area contributed by atoms with Crippen molar-refractivity contribution < 1.29 is 13.9 Å². The number of aromatic nitrogens is 1. The van der Waals surface area contributed by atoms with E-state index in [0.29, 0.717) is 23.5 Å². The minimum absolute atomic E-state index is 0.0893. The Morgan fingerprint density at radius 3 is 2.56 bits per heavy atom. The van der Waals surface area contributed by atoms with E-state index in [1.54, 1.807) is 42.5 Å². The van der Waals surface area contributed by atoms with Gasteiger partial charge in [0.15, 0.2) is 0 Å². The monoisotopic (exact) mass is 363 g/mol. The van der Waals surface area contributed by atoms with Gasteiger partial charge in [-0.2, -0.15) is 0 Å². The Labute approximate surface area is 156 Å². The van der Waals surface area contributed by atoms with Crippen LogP contribution in [-0.4, -0.2) is 22.9 Å². The molecule has 2 aromatic carbocycles. The van der Waals surface area contributed by atoms with Gasteiger partial charge in [0, 0.05) is 18.4 Å². The van der Waals surface area contributed by atoms with Crippen LogP contribution in [0.4, 0.5) is 10.1 Å². The summed E-state index contributed by atoms with van der Waals surface area (Å²) in [5.41, 5.74) is 2.93. The number of carbonyl (C=O) groups is 1. The van der Waals surface area contributed by atoms with E-state index in [0.717, 1.165) is 11.3 Å². The van der Waals surface area contributed by atoms with E-state index in [9.17, 15) is 9.18 Å². The predicted molar refractivity (Wildman–Crippen MR) is 99.9 cm³/mol. The summed E-state index contributed by atoms with van der Waals surface area (Å²) in [5, 5.41) is 3.30. The quantitative estimate of drug-likeness (QED) is 0.745. The highest BCUT2D eigenvalue weighted by molar-refractivity contribution is 5.98. The first kappa shape index (κ1) is 17.0. The molecule has 1 atom stereocenters. The van der Waals surface area contributed by atoms with Crippen LogP contribution in [0.25, 0.3) is 0 Å². The van der Waals surface area contributed by atoms with E-state index in [1.807, 2.05) is 24.3 Å². The largest absolute Gasteiger partial charge is 0.497 e. The van der Waals surface area contributed by atoms with Crippen molar-refractivity contribution in [2.45, 2.75) is 12.7 Å². The fraction of sp³-hybridized carbons (Fsp3) is 0.143. The minimum atomic E-state index is -0.429. The Bertz CT molecular complexity index is 958. The van der Waals surface area contributed by atoms with Gasteiger partial charge in [-0.3, -0.25) is 9.78 Å². The number of halogens is 1. The average Bonchev–Trinajstić information content (AvgIpc) is 2.96. The standard InChI is InChI=1S/C21H18FN3O2/c1-27-17-10-4-14(5-11-17)13-25-20(24-16-8-6-15(22)7-9-16)19-18(21(25)26)3-2-12-23-19/h2-12,20,24H,13H2,1H3/t20-/m1/s1. The number of anilines is 1. The Kier molecular flexibility index (Phi) is 4.46.